The molecule has 1 aromatic heterocycles. The van der Waals surface area contributed by atoms with Crippen molar-refractivity contribution in [1.82, 2.24) is 4.98 Å². The Morgan fingerprint density at radius 3 is 2.59 bits per heavy atom. The molecule has 17 heavy (non-hydrogen) atoms. The number of pyridine rings is 1. The third-order valence-corrected chi connectivity index (χ3v) is 2.63. The zero-order chi connectivity index (χ0) is 13.0. The molecule has 0 amide bonds. The molecule has 0 radical (unpaired) electrons. The van der Waals surface area contributed by atoms with Crippen LogP contribution in [0.25, 0.3) is 5.57 Å². The maximum atomic E-state index is 7.77. The van der Waals surface area contributed by atoms with Crippen LogP contribution in [-0.4, -0.2) is 10.7 Å². The third-order valence-electron chi connectivity index (χ3n) is 2.63. The lowest BCUT2D eigenvalue weighted by atomic mass is 10.0. The molecular formula is C14H19N3. The number of nitrogens with zero attached hydrogens (tertiary/aromatic N) is 1. The minimum atomic E-state index is 0.412. The molecule has 3 nitrogen and oxygen atoms in total. The highest BCUT2D eigenvalue weighted by atomic mass is 14.8. The summed E-state index contributed by atoms with van der Waals surface area (Å²) in [5, 5.41) is 7.77. The number of anilines is 1. The number of hydrogen-bond acceptors (Lipinski definition) is 3. The van der Waals surface area contributed by atoms with Crippen molar-refractivity contribution in [2.45, 2.75) is 27.2 Å². The minimum Gasteiger partial charge on any atom is -0.383 e. The molecule has 0 aromatic carbocycles. The molecular weight excluding hydrogens is 210 g/mol. The van der Waals surface area contributed by atoms with E-state index in [9.17, 15) is 0 Å². The summed E-state index contributed by atoms with van der Waals surface area (Å²) in [6.07, 6.45) is 2.62. The number of rotatable bonds is 4. The normalized spacial score (nSPS) is 11.4. The summed E-state index contributed by atoms with van der Waals surface area (Å²) in [7, 11) is 0. The predicted molar refractivity (Wildman–Crippen MR) is 74.2 cm³/mol. The van der Waals surface area contributed by atoms with Crippen molar-refractivity contribution < 1.29 is 0 Å². The third kappa shape index (κ3) is 2.81. The Kier molecular flexibility index (Phi) is 4.21. The quantitative estimate of drug-likeness (QED) is 0.613. The van der Waals surface area contributed by atoms with E-state index in [1.54, 1.807) is 0 Å². The molecule has 0 aliphatic carbocycles. The van der Waals surface area contributed by atoms with Crippen molar-refractivity contribution >= 4 is 17.1 Å². The fourth-order valence-corrected chi connectivity index (χ4v) is 1.68. The molecule has 1 heterocycles. The second kappa shape index (κ2) is 5.43. The summed E-state index contributed by atoms with van der Waals surface area (Å²) in [6, 6.07) is 3.75. The van der Waals surface area contributed by atoms with Gasteiger partial charge in [-0.3, -0.25) is 0 Å². The van der Waals surface area contributed by atoms with Crippen molar-refractivity contribution in [3.8, 4) is 0 Å². The number of nitrogens with two attached hydrogens (primary N) is 1. The lowest BCUT2D eigenvalue weighted by Crippen LogP contribution is -2.06. The molecule has 0 saturated heterocycles. The van der Waals surface area contributed by atoms with Crippen LogP contribution in [0.5, 0.6) is 0 Å². The Labute approximate surface area is 103 Å². The molecule has 0 atom stereocenters. The maximum absolute atomic E-state index is 7.77. The van der Waals surface area contributed by atoms with E-state index in [4.69, 9.17) is 11.1 Å². The molecule has 0 spiro atoms. The van der Waals surface area contributed by atoms with Gasteiger partial charge < -0.3 is 11.1 Å². The Hall–Kier alpha value is -1.90. The standard InChI is InChI=1S/C14H19N3/c1-5-10(9(3)4)13-8-7-11(12(15)6-2)14(16)17-13/h5,7-8,15H,3,6H2,1-2,4H3,(H2,16,17)/b10-5+,15-12?. The van der Waals surface area contributed by atoms with Gasteiger partial charge in [-0.2, -0.15) is 0 Å². The van der Waals surface area contributed by atoms with Gasteiger partial charge in [-0.25, -0.2) is 4.98 Å². The highest BCUT2D eigenvalue weighted by molar-refractivity contribution is 6.02. The molecule has 0 saturated carbocycles. The topological polar surface area (TPSA) is 62.8 Å². The lowest BCUT2D eigenvalue weighted by molar-refractivity contribution is 1.21. The van der Waals surface area contributed by atoms with Gasteiger partial charge in [0.05, 0.1) is 5.69 Å². The fraction of sp³-hybridized carbons (Fsp3) is 0.286. The smallest absolute Gasteiger partial charge is 0.133 e. The van der Waals surface area contributed by atoms with Crippen molar-refractivity contribution in [3.05, 3.63) is 41.6 Å². The second-order valence-electron chi connectivity index (χ2n) is 3.94. The Morgan fingerprint density at radius 2 is 2.18 bits per heavy atom. The van der Waals surface area contributed by atoms with Crippen LogP contribution >= 0.6 is 0 Å². The summed E-state index contributed by atoms with van der Waals surface area (Å²) in [5.41, 5.74) is 9.87. The van der Waals surface area contributed by atoms with Gasteiger partial charge in [0, 0.05) is 11.3 Å². The van der Waals surface area contributed by atoms with Crippen molar-refractivity contribution in [2.24, 2.45) is 0 Å². The van der Waals surface area contributed by atoms with Crippen molar-refractivity contribution in [1.29, 1.82) is 5.41 Å². The van der Waals surface area contributed by atoms with E-state index < -0.39 is 0 Å². The van der Waals surface area contributed by atoms with Gasteiger partial charge in [-0.1, -0.05) is 19.6 Å². The van der Waals surface area contributed by atoms with E-state index in [-0.39, 0.29) is 0 Å². The molecule has 1 rings (SSSR count). The highest BCUT2D eigenvalue weighted by Crippen LogP contribution is 2.22. The Balaban J connectivity index is 3.21. The van der Waals surface area contributed by atoms with Gasteiger partial charge in [0.1, 0.15) is 5.82 Å². The molecule has 1 aromatic rings. The largest absolute Gasteiger partial charge is 0.383 e. The van der Waals surface area contributed by atoms with Crippen LogP contribution in [0.15, 0.2) is 30.4 Å². The van der Waals surface area contributed by atoms with Gasteiger partial charge in [0.2, 0.25) is 0 Å². The van der Waals surface area contributed by atoms with Gasteiger partial charge >= 0.3 is 0 Å². The second-order valence-corrected chi connectivity index (χ2v) is 3.94. The molecule has 3 heteroatoms. The molecule has 0 aliphatic heterocycles. The van der Waals surface area contributed by atoms with Crippen LogP contribution < -0.4 is 5.73 Å². The van der Waals surface area contributed by atoms with Crippen LogP contribution in [0.4, 0.5) is 5.82 Å². The first kappa shape index (κ1) is 13.2. The number of hydrogen-bond donors (Lipinski definition) is 2. The molecule has 90 valence electrons. The number of allylic oxidation sites excluding steroid dienone is 3. The predicted octanol–water partition coefficient (Wildman–Crippen LogP) is 3.42. The number of nitrogens with one attached hydrogen (secondary N) is 1. The first-order chi connectivity index (χ1) is 8.01. The van der Waals surface area contributed by atoms with Gasteiger partial charge in [0.15, 0.2) is 0 Å². The number of aromatic nitrogens is 1. The van der Waals surface area contributed by atoms with Gasteiger partial charge in [0.25, 0.3) is 0 Å². The highest BCUT2D eigenvalue weighted by Gasteiger charge is 2.09. The summed E-state index contributed by atoms with van der Waals surface area (Å²) >= 11 is 0. The van der Waals surface area contributed by atoms with Crippen LogP contribution in [-0.2, 0) is 0 Å². The SMILES string of the molecule is C=C(C)/C(=C\C)c1ccc(C(=N)CC)c(N)n1. The average Bonchev–Trinajstić information content (AvgIpc) is 2.28. The van der Waals surface area contributed by atoms with Crippen LogP contribution in [0.1, 0.15) is 38.4 Å². The van der Waals surface area contributed by atoms with Gasteiger partial charge in [-0.15, -0.1) is 0 Å². The summed E-state index contributed by atoms with van der Waals surface area (Å²) in [6.45, 7) is 9.73. The zero-order valence-corrected chi connectivity index (χ0v) is 10.7. The summed E-state index contributed by atoms with van der Waals surface area (Å²) in [5.74, 6) is 0.412. The van der Waals surface area contributed by atoms with E-state index in [0.717, 1.165) is 16.8 Å². The maximum Gasteiger partial charge on any atom is 0.133 e. The Bertz CT molecular complexity index is 484. The van der Waals surface area contributed by atoms with Gasteiger partial charge in [-0.05, 0) is 43.5 Å². The van der Waals surface area contributed by atoms with E-state index >= 15 is 0 Å². The average molecular weight is 229 g/mol. The minimum absolute atomic E-state index is 0.412. The van der Waals surface area contributed by atoms with Crippen molar-refractivity contribution in [2.75, 3.05) is 5.73 Å². The molecule has 3 N–H and O–H groups in total. The van der Waals surface area contributed by atoms with Crippen LogP contribution in [0.3, 0.4) is 0 Å². The van der Waals surface area contributed by atoms with E-state index in [2.05, 4.69) is 11.6 Å². The van der Waals surface area contributed by atoms with E-state index in [0.29, 0.717) is 23.5 Å². The fourth-order valence-electron chi connectivity index (χ4n) is 1.68. The summed E-state index contributed by atoms with van der Waals surface area (Å²) in [4.78, 5) is 4.34. The zero-order valence-electron chi connectivity index (χ0n) is 10.7. The summed E-state index contributed by atoms with van der Waals surface area (Å²) < 4.78 is 0. The Morgan fingerprint density at radius 1 is 1.53 bits per heavy atom. The molecule has 0 fully saturated rings. The number of nitrogen functional groups attached to an aromatic ring is 1. The first-order valence-electron chi connectivity index (χ1n) is 5.68. The van der Waals surface area contributed by atoms with Crippen LogP contribution in [0, 0.1) is 5.41 Å². The molecule has 0 aliphatic rings. The molecule has 0 unspecified atom stereocenters. The lowest BCUT2D eigenvalue weighted by Gasteiger charge is -2.10. The van der Waals surface area contributed by atoms with E-state index in [1.807, 2.05) is 39.0 Å². The van der Waals surface area contributed by atoms with Crippen LogP contribution in [0.2, 0.25) is 0 Å². The monoisotopic (exact) mass is 229 g/mol. The van der Waals surface area contributed by atoms with E-state index in [1.165, 1.54) is 0 Å². The van der Waals surface area contributed by atoms with Crippen molar-refractivity contribution in [3.63, 3.8) is 0 Å². The first-order valence-corrected chi connectivity index (χ1v) is 5.68. The molecule has 0 bridgehead atoms.